The number of hydrogen-bond donors (Lipinski definition) is 15. The van der Waals surface area contributed by atoms with Crippen molar-refractivity contribution in [3.8, 4) is 0 Å². The molecule has 1 aliphatic rings. The number of thiol groups is 1. The Morgan fingerprint density at radius 1 is 0.597 bits per heavy atom. The van der Waals surface area contributed by atoms with Crippen LogP contribution in [0, 0.1) is 5.92 Å². The second-order valence-corrected chi connectivity index (χ2v) is 17.2. The second kappa shape index (κ2) is 30.6. The number of urea groups is 1. The lowest BCUT2D eigenvalue weighted by Crippen LogP contribution is -2.61. The first-order valence-corrected chi connectivity index (χ1v) is 23.9. The maximum Gasteiger partial charge on any atom is 0.326 e. The lowest BCUT2D eigenvalue weighted by molar-refractivity contribution is -0.141. The molecule has 396 valence electrons. The van der Waals surface area contributed by atoms with Crippen molar-refractivity contribution in [3.63, 3.8) is 0 Å². The number of likely N-dealkylation sites (tertiary alicyclic amines) is 1. The highest BCUT2D eigenvalue weighted by atomic mass is 32.1. The highest BCUT2D eigenvalue weighted by Gasteiger charge is 2.32. The van der Waals surface area contributed by atoms with E-state index in [2.05, 4.69) is 55.2 Å². The predicted molar refractivity (Wildman–Crippen MR) is 262 cm³/mol. The van der Waals surface area contributed by atoms with E-state index in [0.29, 0.717) is 0 Å². The molecule has 1 fully saturated rings. The van der Waals surface area contributed by atoms with Gasteiger partial charge >= 0.3 is 23.9 Å². The Bertz CT molecular complexity index is 2250. The smallest absolute Gasteiger partial charge is 0.326 e. The van der Waals surface area contributed by atoms with Gasteiger partial charge in [-0.3, -0.25) is 38.4 Å². The lowest BCUT2D eigenvalue weighted by atomic mass is 9.94. The SMILES string of the molecule is NCC(NC(=O)CS)C(=O)NC(CN)C(=O)NC(CN)C(=O)NCCC(=O)N1CCC(C(=O)NC(Cc2ccc3ccccc3c2)C(=O)NCCCCC(NC(=O)NC(CCC(=O)O)C(=O)O)C(=O)O)CC1. The molecule has 72 heavy (non-hydrogen) atoms. The zero-order valence-electron chi connectivity index (χ0n) is 39.6. The summed E-state index contributed by atoms with van der Waals surface area (Å²) in [5.41, 5.74) is 17.8. The number of aliphatic carboxylic acids is 3. The summed E-state index contributed by atoms with van der Waals surface area (Å²) in [5, 5.41) is 49.3. The van der Waals surface area contributed by atoms with Crippen LogP contribution < -0.4 is 59.7 Å². The lowest BCUT2D eigenvalue weighted by Gasteiger charge is -2.32. The maximum absolute atomic E-state index is 13.7. The number of benzene rings is 2. The summed E-state index contributed by atoms with van der Waals surface area (Å²) in [6.45, 7) is -0.594. The van der Waals surface area contributed by atoms with Crippen molar-refractivity contribution < 1.29 is 68.1 Å². The number of carbonyl (C=O) groups excluding carboxylic acids is 8. The summed E-state index contributed by atoms with van der Waals surface area (Å²) in [5.74, 6) is -9.01. The first-order chi connectivity index (χ1) is 34.3. The van der Waals surface area contributed by atoms with Gasteiger partial charge in [0.15, 0.2) is 0 Å². The van der Waals surface area contributed by atoms with E-state index in [-0.39, 0.29) is 102 Å². The quantitative estimate of drug-likeness (QED) is 0.0264. The summed E-state index contributed by atoms with van der Waals surface area (Å²) in [4.78, 5) is 139. The Hall–Kier alpha value is -7.10. The second-order valence-electron chi connectivity index (χ2n) is 16.9. The molecule has 2 aromatic rings. The van der Waals surface area contributed by atoms with E-state index in [9.17, 15) is 63.0 Å². The average molecular weight is 1030 g/mol. The number of nitrogens with zero attached hydrogens (tertiary/aromatic N) is 1. The fraction of sp³-hybridized carbons (Fsp3) is 0.533. The van der Waals surface area contributed by atoms with Crippen molar-refractivity contribution in [1.82, 2.24) is 47.4 Å². The van der Waals surface area contributed by atoms with Crippen LogP contribution in [0.1, 0.15) is 56.9 Å². The van der Waals surface area contributed by atoms with Crippen LogP contribution in [0.25, 0.3) is 10.8 Å². The Labute approximate surface area is 419 Å². The van der Waals surface area contributed by atoms with E-state index in [0.717, 1.165) is 16.3 Å². The van der Waals surface area contributed by atoms with Crippen LogP contribution in [0.4, 0.5) is 4.79 Å². The molecule has 6 atom stereocenters. The van der Waals surface area contributed by atoms with E-state index in [1.807, 2.05) is 42.5 Å². The van der Waals surface area contributed by atoms with Gasteiger partial charge in [0.05, 0.1) is 5.75 Å². The monoisotopic (exact) mass is 1030 g/mol. The number of carboxylic acid groups (broad SMARTS) is 3. The van der Waals surface area contributed by atoms with E-state index in [4.69, 9.17) is 22.3 Å². The summed E-state index contributed by atoms with van der Waals surface area (Å²) < 4.78 is 0. The van der Waals surface area contributed by atoms with Crippen LogP contribution in [-0.2, 0) is 54.4 Å². The Kier molecular flexibility index (Phi) is 25.2. The molecule has 27 heteroatoms. The van der Waals surface area contributed by atoms with E-state index in [1.54, 1.807) is 4.90 Å². The molecule has 0 spiro atoms. The molecule has 0 aliphatic carbocycles. The normalized spacial score (nSPS) is 15.0. The Morgan fingerprint density at radius 3 is 1.71 bits per heavy atom. The molecule has 6 unspecified atom stereocenters. The van der Waals surface area contributed by atoms with E-state index in [1.165, 1.54) is 0 Å². The molecule has 1 aliphatic heterocycles. The topological polar surface area (TPSA) is 426 Å². The van der Waals surface area contributed by atoms with Crippen molar-refractivity contribution in [2.75, 3.05) is 51.6 Å². The van der Waals surface area contributed by atoms with Crippen LogP contribution >= 0.6 is 12.6 Å². The Morgan fingerprint density at radius 2 is 1.14 bits per heavy atom. The fourth-order valence-electron chi connectivity index (χ4n) is 7.49. The van der Waals surface area contributed by atoms with Gasteiger partial charge in [-0.2, -0.15) is 12.6 Å². The van der Waals surface area contributed by atoms with Crippen molar-refractivity contribution in [2.24, 2.45) is 23.1 Å². The molecule has 9 amide bonds. The molecule has 26 nitrogen and oxygen atoms in total. The molecular weight excluding hydrogens is 965 g/mol. The number of hydrogen-bond acceptors (Lipinski definition) is 15. The maximum atomic E-state index is 13.7. The van der Waals surface area contributed by atoms with Crippen molar-refractivity contribution in [1.29, 1.82) is 0 Å². The number of carboxylic acids is 3. The Balaban J connectivity index is 1.52. The minimum atomic E-state index is -1.56. The fourth-order valence-corrected chi connectivity index (χ4v) is 7.58. The molecule has 1 saturated heterocycles. The zero-order chi connectivity index (χ0) is 53.3. The largest absolute Gasteiger partial charge is 0.481 e. The molecular formula is C45H66N12O14S. The molecule has 2 aromatic carbocycles. The third kappa shape index (κ3) is 20.0. The summed E-state index contributed by atoms with van der Waals surface area (Å²) in [7, 11) is 0. The number of rotatable bonds is 30. The molecule has 0 aromatic heterocycles. The van der Waals surface area contributed by atoms with Crippen LogP contribution in [-0.4, -0.2) is 173 Å². The standard InChI is InChI=1S/C45H66N12O14S/c46-21-32(53-42(66)34(23-48)54-41(65)33(22-47)51-35(58)24-72)40(64)50-16-12-36(59)57-17-13-27(14-18-57)38(62)52-31(20-25-8-9-26-5-1-2-6-28(26)19-25)39(63)49-15-4-3-7-29(43(67)68)55-45(71)56-30(44(69)70)10-11-37(60)61/h1-2,5-6,8-9,19,27,29-34,72H,3-4,7,10-18,20-24,46-48H2,(H,49,63)(H,50,64)(H,51,58)(H,52,62)(H,53,66)(H,54,65)(H,60,61)(H,67,68)(H,69,70)(H2,55,56,71). The number of carbonyl (C=O) groups is 11. The van der Waals surface area contributed by atoms with Gasteiger partial charge in [0, 0.05) is 71.0 Å². The molecule has 0 bridgehead atoms. The third-order valence-corrected chi connectivity index (χ3v) is 11.9. The molecule has 0 saturated carbocycles. The number of amides is 9. The van der Waals surface area contributed by atoms with E-state index < -0.39 is 114 Å². The summed E-state index contributed by atoms with van der Waals surface area (Å²) in [6, 6.07) is 4.45. The molecule has 17 N–H and O–H groups in total. The number of nitrogens with one attached hydrogen (secondary N) is 8. The van der Waals surface area contributed by atoms with Gasteiger partial charge in [-0.15, -0.1) is 0 Å². The van der Waals surface area contributed by atoms with E-state index >= 15 is 0 Å². The predicted octanol–water partition coefficient (Wildman–Crippen LogP) is -3.77. The zero-order valence-corrected chi connectivity index (χ0v) is 40.5. The summed E-state index contributed by atoms with van der Waals surface area (Å²) in [6.07, 6.45) is -0.0234. The minimum absolute atomic E-state index is 0.0743. The van der Waals surface area contributed by atoms with Crippen molar-refractivity contribution >= 4 is 88.7 Å². The number of unbranched alkanes of at least 4 members (excludes halogenated alkanes) is 1. The van der Waals surface area contributed by atoms with Crippen LogP contribution in [0.3, 0.4) is 0 Å². The third-order valence-electron chi connectivity index (χ3n) is 11.6. The van der Waals surface area contributed by atoms with Gasteiger partial charge in [0.25, 0.3) is 0 Å². The van der Waals surface area contributed by atoms with Gasteiger partial charge in [0.2, 0.25) is 41.4 Å². The van der Waals surface area contributed by atoms with Crippen LogP contribution in [0.5, 0.6) is 0 Å². The highest BCUT2D eigenvalue weighted by Crippen LogP contribution is 2.20. The van der Waals surface area contributed by atoms with Crippen LogP contribution in [0.15, 0.2) is 42.5 Å². The van der Waals surface area contributed by atoms with Gasteiger partial charge in [-0.25, -0.2) is 14.4 Å². The summed E-state index contributed by atoms with van der Waals surface area (Å²) >= 11 is 3.83. The van der Waals surface area contributed by atoms with Crippen molar-refractivity contribution in [2.45, 2.75) is 94.0 Å². The molecule has 1 heterocycles. The number of fused-ring (bicyclic) bond motifs is 1. The molecule has 0 radical (unpaired) electrons. The number of piperidine rings is 1. The first-order valence-electron chi connectivity index (χ1n) is 23.3. The van der Waals surface area contributed by atoms with Gasteiger partial charge in [-0.05, 0) is 54.9 Å². The van der Waals surface area contributed by atoms with Gasteiger partial charge in [-0.1, -0.05) is 42.5 Å². The minimum Gasteiger partial charge on any atom is -0.481 e. The first kappa shape index (κ1) is 59.2. The highest BCUT2D eigenvalue weighted by molar-refractivity contribution is 7.81. The number of nitrogens with two attached hydrogens (primary N) is 3. The average Bonchev–Trinajstić information content (AvgIpc) is 3.36. The van der Waals surface area contributed by atoms with Gasteiger partial charge in [0.1, 0.15) is 36.3 Å². The van der Waals surface area contributed by atoms with Crippen molar-refractivity contribution in [3.05, 3.63) is 48.0 Å². The van der Waals surface area contributed by atoms with Gasteiger partial charge < -0.3 is 80.0 Å². The molecule has 3 rings (SSSR count). The van der Waals surface area contributed by atoms with Crippen LogP contribution in [0.2, 0.25) is 0 Å².